The molecule has 16 aromatic rings. The molecular weight excluding hydrogens is 1930 g/mol. The largest absolute Gasteiger partial charge is 0.453 e. The molecule has 13 N–H and O–H groups in total. The van der Waals surface area contributed by atoms with E-state index in [0.717, 1.165) is 164 Å². The highest BCUT2D eigenvalue weighted by Gasteiger charge is 2.49. The summed E-state index contributed by atoms with van der Waals surface area (Å²) in [7, 11) is 0. The predicted molar refractivity (Wildman–Crippen MR) is 556 cm³/mol. The van der Waals surface area contributed by atoms with Crippen LogP contribution in [-0.2, 0) is 35.0 Å². The van der Waals surface area contributed by atoms with Crippen molar-refractivity contribution in [2.45, 2.75) is 129 Å². The van der Waals surface area contributed by atoms with Crippen LogP contribution in [-0.4, -0.2) is 220 Å². The van der Waals surface area contributed by atoms with E-state index < -0.39 is 35.1 Å². The fourth-order valence-electron chi connectivity index (χ4n) is 16.0. The molecule has 0 bridgehead atoms. The van der Waals surface area contributed by atoms with Gasteiger partial charge in [-0.1, -0.05) is 69.6 Å². The van der Waals surface area contributed by atoms with Gasteiger partial charge in [0, 0.05) is 158 Å². The lowest BCUT2D eigenvalue weighted by atomic mass is 9.93. The molecular formula is C101H104N28O12S4. The maximum atomic E-state index is 12.3. The second-order valence-electron chi connectivity index (χ2n) is 35.1. The molecule has 9 amide bonds. The van der Waals surface area contributed by atoms with Crippen LogP contribution in [0.4, 0.5) is 44.5 Å². The van der Waals surface area contributed by atoms with Gasteiger partial charge in [-0.25, -0.2) is 83.8 Å². The van der Waals surface area contributed by atoms with Crippen LogP contribution < -0.4 is 58.5 Å². The molecule has 12 aromatic heterocycles. The van der Waals surface area contributed by atoms with Crippen LogP contribution in [0.3, 0.4) is 0 Å². The van der Waals surface area contributed by atoms with E-state index in [4.69, 9.17) is 14.2 Å². The van der Waals surface area contributed by atoms with Crippen LogP contribution in [0.2, 0.25) is 0 Å². The number of esters is 2. The van der Waals surface area contributed by atoms with E-state index in [9.17, 15) is 43.8 Å². The minimum absolute atomic E-state index is 0.0528. The van der Waals surface area contributed by atoms with Gasteiger partial charge in [-0.05, 0) is 220 Å². The Kier molecular flexibility index (Phi) is 31.6. The van der Waals surface area contributed by atoms with Crippen molar-refractivity contribution in [2.75, 3.05) is 86.7 Å². The van der Waals surface area contributed by atoms with E-state index in [1.54, 1.807) is 109 Å². The SMILES string of the molecule is CCNC(=O)Nc1nc2cc(-c3cnc(C4(O)CN(C(=O)OC(C)(C)C)C4)nc3)cc(-c3ccccn3)c2s1.CCNC(=O)Nc1nc2cc(-c3cnc(C4(O)CNC4)nc3)cc(-c3ccccn3)c2s1.CCNC(=O)Nc1nc2cc(-c3cnc([C@@H](C)OC(=O)[C@@H]4CCCN4)nc3)cc(-c3ccccn3)c2s1.CCNC(=O)Nc1nc2cc(-c3cnc([C@H](C)OC(=O)[C@@H]4CCCN4)nc3)cc(-c3ccccn3)c2s1. The topological polar surface area (TPSA) is 529 Å². The van der Waals surface area contributed by atoms with Gasteiger partial charge in [0.1, 0.15) is 23.3 Å². The van der Waals surface area contributed by atoms with Crippen LogP contribution in [0.5, 0.6) is 0 Å². The number of rotatable bonds is 24. The highest BCUT2D eigenvalue weighted by atomic mass is 32.1. The number of ether oxygens (including phenoxy) is 3. The van der Waals surface area contributed by atoms with Gasteiger partial charge in [0.15, 0.2) is 61.6 Å². The molecule has 20 rings (SSSR count). The molecule has 0 aliphatic carbocycles. The average molecular weight is 2030 g/mol. The van der Waals surface area contributed by atoms with Crippen molar-refractivity contribution >= 4 is 149 Å². The van der Waals surface area contributed by atoms with E-state index in [2.05, 4.69) is 138 Å². The van der Waals surface area contributed by atoms with E-state index in [-0.39, 0.29) is 67.1 Å². The number of fused-ring (bicyclic) bond motifs is 4. The van der Waals surface area contributed by atoms with Crippen molar-refractivity contribution in [3.63, 3.8) is 0 Å². The number of nitrogens with one attached hydrogen (secondary N) is 11. The smallest absolute Gasteiger partial charge is 0.410 e. The second-order valence-corrected chi connectivity index (χ2v) is 39.1. The lowest BCUT2D eigenvalue weighted by molar-refractivity contribution is -0.152. The molecule has 744 valence electrons. The number of anilines is 4. The molecule has 145 heavy (non-hydrogen) atoms. The third kappa shape index (κ3) is 24.5. The standard InChI is InChI=1S/C27H29N7O4S.2C26H27N7O3S.C22H21N7O2S/c1-5-28-23(35)33-24-32-20-11-16(10-18(21(20)39-24)19-8-6-7-9-29-19)17-12-30-22(31-13-17)27(37)14-34(15-27)25(36)38-26(2,3)4;2*1-3-27-25(35)33-26-32-21-12-16(11-18(22(21)37-26)19-7-4-5-9-28-19)17-13-30-23(31-14-17)15(2)36-24(34)20-8-6-10-29-20;1-2-24-20(30)29-21-28-17-8-13(7-15(18(17)32-21)16-5-3-4-6-25-16)14-9-26-19(27-10-14)22(31)11-23-12-22/h6-13,37H,5,14-15H2,1-4H3,(H2,28,32,33,35);2*4-5,7,9,11-15,20,29H,3,6,8,10H2,1-2H3,(H2,27,32,33,35);3-10,23,31H,2,11-12H2,1H3,(H2,24,28,29,30)/t;15-,20+;15-,20-;/m.10./s1. The van der Waals surface area contributed by atoms with Gasteiger partial charge in [0.25, 0.3) is 0 Å². The number of β-amino-alcohol motifs (C(OH)–C–C–N with tert-alkyl or cyclic N) is 2. The molecule has 44 heteroatoms. The second kappa shape index (κ2) is 45.4. The fourth-order valence-corrected chi connectivity index (χ4v) is 19.8. The quantitative estimate of drug-likeness (QED) is 0.0197. The fraction of sp³-hybridized carbons (Fsp3) is 0.297. The summed E-state index contributed by atoms with van der Waals surface area (Å²) in [5.41, 5.74) is 13.1. The number of carbonyl (C=O) groups is 7. The molecule has 0 radical (unpaired) electrons. The van der Waals surface area contributed by atoms with Gasteiger partial charge in [-0.2, -0.15) is 0 Å². The first-order valence-electron chi connectivity index (χ1n) is 47.1. The van der Waals surface area contributed by atoms with Gasteiger partial charge in [-0.15, -0.1) is 0 Å². The minimum Gasteiger partial charge on any atom is -0.453 e. The van der Waals surface area contributed by atoms with Crippen molar-refractivity contribution in [1.82, 2.24) is 122 Å². The van der Waals surface area contributed by atoms with Gasteiger partial charge in [0.2, 0.25) is 0 Å². The summed E-state index contributed by atoms with van der Waals surface area (Å²) in [5.74, 6) is 0.964. The van der Waals surface area contributed by atoms with Crippen molar-refractivity contribution in [3.05, 3.63) is 219 Å². The summed E-state index contributed by atoms with van der Waals surface area (Å²) in [4.78, 5) is 159. The maximum absolute atomic E-state index is 12.3. The Morgan fingerprint density at radius 3 is 0.945 bits per heavy atom. The zero-order valence-electron chi connectivity index (χ0n) is 80.4. The number of benzene rings is 4. The third-order valence-electron chi connectivity index (χ3n) is 23.2. The Hall–Kier alpha value is -15.6. The number of amides is 9. The molecule has 4 fully saturated rings. The predicted octanol–water partition coefficient (Wildman–Crippen LogP) is 15.8. The minimum atomic E-state index is -1.34. The Balaban J connectivity index is 0.000000133. The molecule has 4 aliphatic rings. The third-order valence-corrected chi connectivity index (χ3v) is 27.2. The van der Waals surface area contributed by atoms with Crippen LogP contribution in [0.25, 0.3) is 130 Å². The molecule has 0 unspecified atom stereocenters. The summed E-state index contributed by atoms with van der Waals surface area (Å²) in [6.45, 7) is 21.1. The number of aromatic nitrogens is 16. The number of aliphatic hydroxyl groups is 2. The Bertz CT molecular complexity index is 7100. The average Bonchev–Trinajstić information content (AvgIpc) is 1.19. The van der Waals surface area contributed by atoms with E-state index in [1.165, 1.54) is 50.2 Å². The van der Waals surface area contributed by atoms with Gasteiger partial charge >= 0.3 is 42.2 Å². The number of nitrogens with zero attached hydrogens (tertiary/aromatic N) is 17. The summed E-state index contributed by atoms with van der Waals surface area (Å²) in [5, 5.41) is 54.7. The van der Waals surface area contributed by atoms with Crippen LogP contribution >= 0.6 is 45.3 Å². The van der Waals surface area contributed by atoms with Crippen molar-refractivity contribution in [3.8, 4) is 89.5 Å². The molecule has 4 saturated heterocycles. The van der Waals surface area contributed by atoms with Gasteiger partial charge < -0.3 is 66.5 Å². The highest BCUT2D eigenvalue weighted by Crippen LogP contribution is 2.45. The van der Waals surface area contributed by atoms with E-state index >= 15 is 0 Å². The van der Waals surface area contributed by atoms with E-state index in [0.29, 0.717) is 82.8 Å². The van der Waals surface area contributed by atoms with Crippen LogP contribution in [0.15, 0.2) is 196 Å². The van der Waals surface area contributed by atoms with Crippen molar-refractivity contribution < 1.29 is 58.0 Å². The Labute approximate surface area is 847 Å². The van der Waals surface area contributed by atoms with Gasteiger partial charge in [0.05, 0.1) is 76.7 Å². The number of thiazole rings is 4. The number of carbonyl (C=O) groups excluding carboxylic acids is 7. The van der Waals surface area contributed by atoms with Gasteiger partial charge in [-0.3, -0.25) is 50.8 Å². The Morgan fingerprint density at radius 2 is 0.697 bits per heavy atom. The molecule has 4 atom stereocenters. The Morgan fingerprint density at radius 1 is 0.407 bits per heavy atom. The van der Waals surface area contributed by atoms with Crippen molar-refractivity contribution in [2.24, 2.45) is 0 Å². The highest BCUT2D eigenvalue weighted by molar-refractivity contribution is 7.24. The number of urea groups is 4. The number of likely N-dealkylation sites (tertiary alicyclic amines) is 1. The first-order chi connectivity index (χ1) is 70.1. The number of pyridine rings is 4. The first kappa shape index (κ1) is 101. The molecule has 0 saturated carbocycles. The molecule has 4 aromatic carbocycles. The zero-order valence-corrected chi connectivity index (χ0v) is 83.7. The number of hydrogen-bond donors (Lipinski definition) is 13. The van der Waals surface area contributed by atoms with E-state index in [1.807, 2.05) is 149 Å². The first-order valence-corrected chi connectivity index (χ1v) is 50.3. The molecule has 4 aliphatic heterocycles. The zero-order chi connectivity index (χ0) is 101. The lowest BCUT2D eigenvalue weighted by Gasteiger charge is -2.45. The summed E-state index contributed by atoms with van der Waals surface area (Å²) in [6, 6.07) is 36.9. The summed E-state index contributed by atoms with van der Waals surface area (Å²) in [6.07, 6.45) is 22.4. The van der Waals surface area contributed by atoms with Crippen molar-refractivity contribution in [1.29, 1.82) is 0 Å². The maximum Gasteiger partial charge on any atom is 0.410 e. The summed E-state index contributed by atoms with van der Waals surface area (Å²) < 4.78 is 20.1. The molecule has 16 heterocycles. The lowest BCUT2D eigenvalue weighted by Crippen LogP contribution is -2.62. The van der Waals surface area contributed by atoms with Crippen LogP contribution in [0, 0.1) is 0 Å². The monoisotopic (exact) mass is 2030 g/mol. The molecule has 0 spiro atoms. The number of hydrogen-bond acceptors (Lipinski definition) is 35. The normalized spacial score (nSPS) is 15.3. The molecule has 40 nitrogen and oxygen atoms in total. The summed E-state index contributed by atoms with van der Waals surface area (Å²) >= 11 is 5.55. The van der Waals surface area contributed by atoms with Crippen LogP contribution in [0.1, 0.15) is 124 Å².